The molecule has 0 bridgehead atoms. The van der Waals surface area contributed by atoms with Crippen molar-refractivity contribution in [1.29, 1.82) is 0 Å². The molecule has 222 valence electrons. The van der Waals surface area contributed by atoms with Crippen molar-refractivity contribution in [3.8, 4) is 17.2 Å². The highest BCUT2D eigenvalue weighted by molar-refractivity contribution is 8.00. The first kappa shape index (κ1) is 31.4. The minimum Gasteiger partial charge on any atom is -0.493 e. The Kier molecular flexibility index (Phi) is 10.6. The van der Waals surface area contributed by atoms with Gasteiger partial charge in [-0.15, -0.1) is 0 Å². The van der Waals surface area contributed by atoms with Crippen LogP contribution in [0.1, 0.15) is 38.8 Å². The molecule has 0 fully saturated rings. The van der Waals surface area contributed by atoms with E-state index in [0.29, 0.717) is 18.1 Å². The van der Waals surface area contributed by atoms with Crippen LogP contribution in [0.3, 0.4) is 0 Å². The number of hydrogen-bond acceptors (Lipinski definition) is 8. The standard InChI is InChI=1S/C34H40N2O4S2/c1-8-39-33(37)20-23-15-17-30(38-7)31(19-23)40-29-18-16-25(21-24(29)22-41-34(2,3)4)35-42-32-14-10-11-26-27(32)12-9-13-28(26)36(5)6/h9-19,21,35H,8,20,22H2,1-7H3. The fourth-order valence-electron chi connectivity index (χ4n) is 4.41. The van der Waals surface area contributed by atoms with Gasteiger partial charge in [0.25, 0.3) is 0 Å². The Balaban J connectivity index is 1.61. The highest BCUT2D eigenvalue weighted by Gasteiger charge is 2.17. The largest absolute Gasteiger partial charge is 0.493 e. The molecule has 0 aliphatic carbocycles. The number of nitrogens with one attached hydrogen (secondary N) is 1. The maximum Gasteiger partial charge on any atom is 0.310 e. The van der Waals surface area contributed by atoms with E-state index in [1.807, 2.05) is 42.1 Å². The third kappa shape index (κ3) is 8.29. The Morgan fingerprint density at radius 1 is 0.905 bits per heavy atom. The van der Waals surface area contributed by atoms with Gasteiger partial charge in [-0.25, -0.2) is 0 Å². The molecule has 0 saturated carbocycles. The number of carbonyl (C=O) groups excluding carboxylic acids is 1. The van der Waals surface area contributed by atoms with Gasteiger partial charge in [-0.2, -0.15) is 11.8 Å². The number of benzene rings is 4. The Bertz CT molecular complexity index is 1530. The van der Waals surface area contributed by atoms with E-state index in [-0.39, 0.29) is 17.1 Å². The van der Waals surface area contributed by atoms with Crippen molar-refractivity contribution in [3.05, 3.63) is 83.9 Å². The molecule has 8 heteroatoms. The zero-order chi connectivity index (χ0) is 30.3. The predicted octanol–water partition coefficient (Wildman–Crippen LogP) is 8.96. The van der Waals surface area contributed by atoms with E-state index in [9.17, 15) is 4.79 Å². The fourth-order valence-corrected chi connectivity index (χ4v) is 6.02. The number of carbonyl (C=O) groups is 1. The lowest BCUT2D eigenvalue weighted by Crippen LogP contribution is -2.08. The van der Waals surface area contributed by atoms with Crippen molar-refractivity contribution in [2.75, 3.05) is 37.4 Å². The summed E-state index contributed by atoms with van der Waals surface area (Å²) in [6.07, 6.45) is 0.172. The smallest absolute Gasteiger partial charge is 0.310 e. The summed E-state index contributed by atoms with van der Waals surface area (Å²) < 4.78 is 20.8. The molecular weight excluding hydrogens is 565 g/mol. The van der Waals surface area contributed by atoms with Crippen molar-refractivity contribution < 1.29 is 19.0 Å². The van der Waals surface area contributed by atoms with Crippen LogP contribution in [0.2, 0.25) is 0 Å². The minimum atomic E-state index is -0.270. The summed E-state index contributed by atoms with van der Waals surface area (Å²) in [7, 11) is 5.75. The average molecular weight is 605 g/mol. The van der Waals surface area contributed by atoms with E-state index >= 15 is 0 Å². The number of hydrogen-bond donors (Lipinski definition) is 1. The molecule has 0 unspecified atom stereocenters. The van der Waals surface area contributed by atoms with Crippen LogP contribution in [0, 0.1) is 0 Å². The molecule has 0 aliphatic rings. The molecule has 0 aromatic heterocycles. The quantitative estimate of drug-likeness (QED) is 0.127. The SMILES string of the molecule is CCOC(=O)Cc1ccc(OC)c(Oc2ccc(NSc3cccc4c(N(C)C)cccc34)cc2CSC(C)(C)C)c1. The molecule has 6 nitrogen and oxygen atoms in total. The van der Waals surface area contributed by atoms with E-state index in [4.69, 9.17) is 14.2 Å². The molecule has 0 amide bonds. The molecule has 42 heavy (non-hydrogen) atoms. The Morgan fingerprint density at radius 3 is 2.36 bits per heavy atom. The van der Waals surface area contributed by atoms with Crippen LogP contribution in [0.15, 0.2) is 77.7 Å². The summed E-state index contributed by atoms with van der Waals surface area (Å²) in [5.41, 5.74) is 4.05. The van der Waals surface area contributed by atoms with Gasteiger partial charge in [0.05, 0.1) is 20.1 Å². The van der Waals surface area contributed by atoms with Gasteiger partial charge in [0, 0.05) is 51.8 Å². The molecule has 0 aliphatic heterocycles. The molecule has 0 spiro atoms. The maximum absolute atomic E-state index is 12.1. The van der Waals surface area contributed by atoms with Crippen LogP contribution in [0.4, 0.5) is 11.4 Å². The summed E-state index contributed by atoms with van der Waals surface area (Å²) in [5, 5.41) is 2.43. The lowest BCUT2D eigenvalue weighted by molar-refractivity contribution is -0.142. The van der Waals surface area contributed by atoms with Gasteiger partial charge < -0.3 is 23.8 Å². The van der Waals surface area contributed by atoms with E-state index in [2.05, 4.69) is 87.0 Å². The van der Waals surface area contributed by atoms with Crippen LogP contribution in [0.25, 0.3) is 10.8 Å². The first-order valence-electron chi connectivity index (χ1n) is 14.0. The summed E-state index contributed by atoms with van der Waals surface area (Å²) in [4.78, 5) is 15.4. The summed E-state index contributed by atoms with van der Waals surface area (Å²) in [6.45, 7) is 8.78. The molecular formula is C34H40N2O4S2. The van der Waals surface area contributed by atoms with Gasteiger partial charge >= 0.3 is 5.97 Å². The van der Waals surface area contributed by atoms with Crippen molar-refractivity contribution >= 4 is 51.8 Å². The summed E-state index contributed by atoms with van der Waals surface area (Å²) >= 11 is 3.46. The van der Waals surface area contributed by atoms with E-state index in [0.717, 1.165) is 33.2 Å². The van der Waals surface area contributed by atoms with Crippen LogP contribution >= 0.6 is 23.7 Å². The molecule has 4 aromatic carbocycles. The van der Waals surface area contributed by atoms with Gasteiger partial charge in [-0.05, 0) is 72.3 Å². The Labute approximate surface area is 258 Å². The third-order valence-corrected chi connectivity index (χ3v) is 8.68. The first-order chi connectivity index (χ1) is 20.1. The zero-order valence-corrected chi connectivity index (χ0v) is 27.1. The number of fused-ring (bicyclic) bond motifs is 1. The second-order valence-corrected chi connectivity index (χ2v) is 13.7. The fraction of sp³-hybridized carbons (Fsp3) is 0.324. The van der Waals surface area contributed by atoms with Gasteiger partial charge in [0.1, 0.15) is 5.75 Å². The summed E-state index contributed by atoms with van der Waals surface area (Å²) in [5.74, 6) is 2.40. The summed E-state index contributed by atoms with van der Waals surface area (Å²) in [6, 6.07) is 24.5. The Morgan fingerprint density at radius 2 is 1.64 bits per heavy atom. The topological polar surface area (TPSA) is 60.0 Å². The zero-order valence-electron chi connectivity index (χ0n) is 25.4. The molecule has 0 atom stereocenters. The molecule has 4 rings (SSSR count). The lowest BCUT2D eigenvalue weighted by atomic mass is 10.1. The second kappa shape index (κ2) is 14.1. The number of anilines is 2. The monoisotopic (exact) mass is 604 g/mol. The minimum absolute atomic E-state index is 0.0831. The van der Waals surface area contributed by atoms with Crippen LogP contribution in [0.5, 0.6) is 17.2 Å². The number of rotatable bonds is 12. The number of thioether (sulfide) groups is 1. The molecule has 0 heterocycles. The number of methoxy groups -OCH3 is 1. The first-order valence-corrected chi connectivity index (χ1v) is 15.8. The molecule has 4 aromatic rings. The van der Waals surface area contributed by atoms with Gasteiger partial charge in [-0.1, -0.05) is 51.1 Å². The Hall–Kier alpha value is -3.49. The van der Waals surface area contributed by atoms with Crippen molar-refractivity contribution in [2.24, 2.45) is 0 Å². The molecule has 0 saturated heterocycles. The predicted molar refractivity (Wildman–Crippen MR) is 179 cm³/mol. The van der Waals surface area contributed by atoms with E-state index < -0.39 is 0 Å². The normalized spacial score (nSPS) is 11.3. The highest BCUT2D eigenvalue weighted by Crippen LogP contribution is 2.39. The highest BCUT2D eigenvalue weighted by atomic mass is 32.2. The van der Waals surface area contributed by atoms with Crippen LogP contribution in [-0.2, 0) is 21.7 Å². The second-order valence-electron chi connectivity index (χ2n) is 11.0. The molecule has 1 N–H and O–H groups in total. The van der Waals surface area contributed by atoms with Crippen molar-refractivity contribution in [3.63, 3.8) is 0 Å². The van der Waals surface area contributed by atoms with Gasteiger partial charge in [-0.3, -0.25) is 4.79 Å². The number of nitrogens with zero attached hydrogens (tertiary/aromatic N) is 1. The van der Waals surface area contributed by atoms with E-state index in [1.54, 1.807) is 26.0 Å². The van der Waals surface area contributed by atoms with E-state index in [1.165, 1.54) is 16.5 Å². The van der Waals surface area contributed by atoms with Crippen LogP contribution < -0.4 is 19.1 Å². The number of esters is 1. The molecule has 0 radical (unpaired) electrons. The third-order valence-electron chi connectivity index (χ3n) is 6.44. The maximum atomic E-state index is 12.1. The number of ether oxygens (including phenoxy) is 3. The lowest BCUT2D eigenvalue weighted by Gasteiger charge is -2.20. The van der Waals surface area contributed by atoms with Gasteiger partial charge in [0.15, 0.2) is 11.5 Å². The average Bonchev–Trinajstić information content (AvgIpc) is 2.95. The van der Waals surface area contributed by atoms with Crippen LogP contribution in [-0.4, -0.2) is 38.5 Å². The van der Waals surface area contributed by atoms with Crippen molar-refractivity contribution in [1.82, 2.24) is 0 Å². The van der Waals surface area contributed by atoms with Gasteiger partial charge in [0.2, 0.25) is 0 Å². The van der Waals surface area contributed by atoms with Crippen molar-refractivity contribution in [2.45, 2.75) is 49.5 Å².